The molecule has 0 spiro atoms. The summed E-state index contributed by atoms with van der Waals surface area (Å²) in [5.41, 5.74) is 6.18. The highest BCUT2D eigenvalue weighted by Crippen LogP contribution is 2.10. The van der Waals surface area contributed by atoms with Gasteiger partial charge >= 0.3 is 0 Å². The Hall–Kier alpha value is -0.940. The third kappa shape index (κ3) is 4.83. The van der Waals surface area contributed by atoms with Crippen LogP contribution in [0.4, 0.5) is 0 Å². The molecular formula is C12H18BrN3O. The van der Waals surface area contributed by atoms with E-state index >= 15 is 0 Å². The minimum absolute atomic E-state index is 0.0153. The number of rotatable bonds is 5. The summed E-state index contributed by atoms with van der Waals surface area (Å²) in [5, 5.41) is 2.92. The third-order valence-electron chi connectivity index (χ3n) is 2.34. The Kier molecular flexibility index (Phi) is 5.58. The van der Waals surface area contributed by atoms with Crippen molar-refractivity contribution >= 4 is 21.8 Å². The first-order chi connectivity index (χ1) is 8.02. The summed E-state index contributed by atoms with van der Waals surface area (Å²) in [6, 6.07) is 1.76. The molecule has 1 atom stereocenters. The summed E-state index contributed by atoms with van der Waals surface area (Å²) in [6.45, 7) is 4.66. The van der Waals surface area contributed by atoms with Gasteiger partial charge in [0.1, 0.15) is 0 Å². The van der Waals surface area contributed by atoms with Crippen molar-refractivity contribution < 1.29 is 4.79 Å². The van der Waals surface area contributed by atoms with Gasteiger partial charge in [-0.3, -0.25) is 9.78 Å². The summed E-state index contributed by atoms with van der Waals surface area (Å²) < 4.78 is 0.790. The molecule has 0 saturated carbocycles. The van der Waals surface area contributed by atoms with Crippen molar-refractivity contribution in [2.75, 3.05) is 6.54 Å². The summed E-state index contributed by atoms with van der Waals surface area (Å²) >= 11 is 3.29. The fraction of sp³-hybridized carbons (Fsp3) is 0.500. The molecule has 1 heterocycles. The molecule has 0 aliphatic heterocycles. The molecule has 0 radical (unpaired) electrons. The first kappa shape index (κ1) is 14.1. The average molecular weight is 300 g/mol. The van der Waals surface area contributed by atoms with Crippen LogP contribution < -0.4 is 11.1 Å². The summed E-state index contributed by atoms with van der Waals surface area (Å²) in [4.78, 5) is 15.9. The second kappa shape index (κ2) is 6.71. The zero-order chi connectivity index (χ0) is 12.8. The van der Waals surface area contributed by atoms with Gasteiger partial charge in [0.25, 0.3) is 5.91 Å². The van der Waals surface area contributed by atoms with Crippen molar-refractivity contribution in [3.63, 3.8) is 0 Å². The van der Waals surface area contributed by atoms with Crippen LogP contribution in [-0.4, -0.2) is 23.5 Å². The number of amides is 1. The van der Waals surface area contributed by atoms with Crippen LogP contribution in [0.15, 0.2) is 22.9 Å². The van der Waals surface area contributed by atoms with Crippen molar-refractivity contribution in [2.45, 2.75) is 26.3 Å². The van der Waals surface area contributed by atoms with Gasteiger partial charge in [-0.2, -0.15) is 0 Å². The quantitative estimate of drug-likeness (QED) is 0.873. The highest BCUT2D eigenvalue weighted by molar-refractivity contribution is 9.10. The number of carbonyl (C=O) groups excluding carboxylic acids is 1. The monoisotopic (exact) mass is 299 g/mol. The minimum atomic E-state index is -0.130. The van der Waals surface area contributed by atoms with E-state index in [-0.39, 0.29) is 11.9 Å². The lowest BCUT2D eigenvalue weighted by Crippen LogP contribution is -2.41. The Bertz CT molecular complexity index is 382. The molecule has 1 aromatic heterocycles. The molecule has 0 aliphatic rings. The second-order valence-corrected chi connectivity index (χ2v) is 5.34. The van der Waals surface area contributed by atoms with Crippen LogP contribution in [0.3, 0.4) is 0 Å². The lowest BCUT2D eigenvalue weighted by Gasteiger charge is -2.18. The summed E-state index contributed by atoms with van der Waals surface area (Å²) in [6.07, 6.45) is 4.07. The van der Waals surface area contributed by atoms with Crippen LogP contribution in [0, 0.1) is 5.92 Å². The molecule has 0 bridgehead atoms. The van der Waals surface area contributed by atoms with Gasteiger partial charge in [0.2, 0.25) is 0 Å². The van der Waals surface area contributed by atoms with Gasteiger partial charge in [-0.15, -0.1) is 0 Å². The van der Waals surface area contributed by atoms with Crippen molar-refractivity contribution in [3.8, 4) is 0 Å². The largest absolute Gasteiger partial charge is 0.348 e. The van der Waals surface area contributed by atoms with Crippen LogP contribution in [0.25, 0.3) is 0 Å². The first-order valence-corrected chi connectivity index (χ1v) is 6.43. The molecule has 0 aliphatic carbocycles. The van der Waals surface area contributed by atoms with Gasteiger partial charge in [-0.1, -0.05) is 13.8 Å². The maximum atomic E-state index is 11.9. The predicted molar refractivity (Wildman–Crippen MR) is 71.7 cm³/mol. The van der Waals surface area contributed by atoms with Gasteiger partial charge in [-0.05, 0) is 34.3 Å². The number of nitrogens with two attached hydrogens (primary N) is 1. The van der Waals surface area contributed by atoms with E-state index in [0.29, 0.717) is 18.0 Å². The molecule has 5 heteroatoms. The van der Waals surface area contributed by atoms with E-state index in [9.17, 15) is 4.79 Å². The third-order valence-corrected chi connectivity index (χ3v) is 2.78. The minimum Gasteiger partial charge on any atom is -0.348 e. The molecular weight excluding hydrogens is 282 g/mol. The second-order valence-electron chi connectivity index (χ2n) is 4.43. The average Bonchev–Trinajstić information content (AvgIpc) is 2.27. The Morgan fingerprint density at radius 3 is 2.76 bits per heavy atom. The fourth-order valence-electron chi connectivity index (χ4n) is 1.59. The van der Waals surface area contributed by atoms with E-state index in [2.05, 4.69) is 40.1 Å². The highest BCUT2D eigenvalue weighted by atomic mass is 79.9. The maximum Gasteiger partial charge on any atom is 0.253 e. The smallest absolute Gasteiger partial charge is 0.253 e. The molecule has 1 rings (SSSR count). The highest BCUT2D eigenvalue weighted by Gasteiger charge is 2.14. The van der Waals surface area contributed by atoms with E-state index in [0.717, 1.165) is 10.9 Å². The Labute approximate surface area is 110 Å². The van der Waals surface area contributed by atoms with Crippen LogP contribution >= 0.6 is 15.9 Å². The number of aromatic nitrogens is 1. The molecule has 1 amide bonds. The van der Waals surface area contributed by atoms with Gasteiger partial charge < -0.3 is 11.1 Å². The SMILES string of the molecule is CC(C)CC(CN)NC(=O)c1cncc(Br)c1. The number of hydrogen-bond acceptors (Lipinski definition) is 3. The molecule has 0 saturated heterocycles. The van der Waals surface area contributed by atoms with Crippen LogP contribution in [0.2, 0.25) is 0 Å². The number of pyridine rings is 1. The van der Waals surface area contributed by atoms with Crippen molar-refractivity contribution in [2.24, 2.45) is 11.7 Å². The van der Waals surface area contributed by atoms with Crippen molar-refractivity contribution in [1.82, 2.24) is 10.3 Å². The van der Waals surface area contributed by atoms with Gasteiger partial charge in [-0.25, -0.2) is 0 Å². The standard InChI is InChI=1S/C12H18BrN3O/c1-8(2)3-11(5-14)16-12(17)9-4-10(13)7-15-6-9/h4,6-8,11H,3,5,14H2,1-2H3,(H,16,17). The van der Waals surface area contributed by atoms with E-state index in [4.69, 9.17) is 5.73 Å². The molecule has 17 heavy (non-hydrogen) atoms. The Morgan fingerprint density at radius 1 is 1.53 bits per heavy atom. The van der Waals surface area contributed by atoms with Crippen molar-refractivity contribution in [1.29, 1.82) is 0 Å². The summed E-state index contributed by atoms with van der Waals surface area (Å²) in [7, 11) is 0. The van der Waals surface area contributed by atoms with E-state index in [1.165, 1.54) is 0 Å². The normalized spacial score (nSPS) is 12.5. The lowest BCUT2D eigenvalue weighted by molar-refractivity contribution is 0.0933. The number of carbonyl (C=O) groups is 1. The molecule has 1 aromatic rings. The molecule has 1 unspecified atom stereocenters. The van der Waals surface area contributed by atoms with Crippen LogP contribution in [-0.2, 0) is 0 Å². The Morgan fingerprint density at radius 2 is 2.24 bits per heavy atom. The maximum absolute atomic E-state index is 11.9. The topological polar surface area (TPSA) is 68.0 Å². The number of nitrogens with zero attached hydrogens (tertiary/aromatic N) is 1. The van der Waals surface area contributed by atoms with Crippen LogP contribution in [0.1, 0.15) is 30.6 Å². The van der Waals surface area contributed by atoms with E-state index < -0.39 is 0 Å². The summed E-state index contributed by atoms with van der Waals surface area (Å²) in [5.74, 6) is 0.374. The predicted octanol–water partition coefficient (Wildman–Crippen LogP) is 1.95. The number of hydrogen-bond donors (Lipinski definition) is 2. The van der Waals surface area contributed by atoms with Crippen LogP contribution in [0.5, 0.6) is 0 Å². The number of halogens is 1. The van der Waals surface area contributed by atoms with Gasteiger partial charge in [0.15, 0.2) is 0 Å². The van der Waals surface area contributed by atoms with Gasteiger partial charge in [0.05, 0.1) is 5.56 Å². The first-order valence-electron chi connectivity index (χ1n) is 5.64. The van der Waals surface area contributed by atoms with Gasteiger partial charge in [0, 0.05) is 29.5 Å². The van der Waals surface area contributed by atoms with Crippen molar-refractivity contribution in [3.05, 3.63) is 28.5 Å². The molecule has 0 aromatic carbocycles. The fourth-order valence-corrected chi connectivity index (χ4v) is 1.95. The van der Waals surface area contributed by atoms with E-state index in [1.807, 2.05) is 0 Å². The lowest BCUT2D eigenvalue weighted by atomic mass is 10.0. The molecule has 3 N–H and O–H groups in total. The molecule has 94 valence electrons. The molecule has 0 fully saturated rings. The zero-order valence-electron chi connectivity index (χ0n) is 10.1. The Balaban J connectivity index is 2.64. The number of nitrogens with one attached hydrogen (secondary N) is 1. The molecule has 4 nitrogen and oxygen atoms in total. The van der Waals surface area contributed by atoms with E-state index in [1.54, 1.807) is 18.5 Å². The zero-order valence-corrected chi connectivity index (χ0v) is 11.7.